The fourth-order valence-corrected chi connectivity index (χ4v) is 4.58. The summed E-state index contributed by atoms with van der Waals surface area (Å²) in [4.78, 5) is 25.0. The molecule has 34 heavy (non-hydrogen) atoms. The van der Waals surface area contributed by atoms with E-state index in [1.165, 1.54) is 29.3 Å². The van der Waals surface area contributed by atoms with Crippen LogP contribution in [-0.2, 0) is 6.54 Å². The van der Waals surface area contributed by atoms with Crippen LogP contribution in [0.2, 0.25) is 0 Å². The van der Waals surface area contributed by atoms with Crippen LogP contribution in [0.3, 0.4) is 0 Å². The molecule has 2 aliphatic heterocycles. The molecule has 0 bridgehead atoms. The average molecular weight is 482 g/mol. The van der Waals surface area contributed by atoms with E-state index in [0.717, 1.165) is 17.2 Å². The second-order valence-electron chi connectivity index (χ2n) is 8.53. The van der Waals surface area contributed by atoms with Crippen molar-refractivity contribution >= 4 is 22.9 Å². The summed E-state index contributed by atoms with van der Waals surface area (Å²) >= 11 is 0. The van der Waals surface area contributed by atoms with Crippen molar-refractivity contribution < 1.29 is 31.5 Å². The van der Waals surface area contributed by atoms with Gasteiger partial charge >= 0.3 is 6.36 Å². The zero-order valence-electron chi connectivity index (χ0n) is 17.7. The largest absolute Gasteiger partial charge is 0.573 e. The van der Waals surface area contributed by atoms with E-state index in [4.69, 9.17) is 0 Å². The monoisotopic (exact) mass is 482 g/mol. The van der Waals surface area contributed by atoms with E-state index < -0.39 is 31.0 Å². The second kappa shape index (κ2) is 8.06. The van der Waals surface area contributed by atoms with Crippen molar-refractivity contribution in [3.05, 3.63) is 42.2 Å². The first kappa shape index (κ1) is 22.3. The number of rotatable bonds is 5. The Bertz CT molecular complexity index is 1220. The molecule has 2 aromatic heterocycles. The van der Waals surface area contributed by atoms with Gasteiger partial charge in [-0.2, -0.15) is 5.10 Å². The van der Waals surface area contributed by atoms with Gasteiger partial charge in [-0.1, -0.05) is 12.1 Å². The number of hydrogen-bond acceptors (Lipinski definition) is 6. The van der Waals surface area contributed by atoms with Gasteiger partial charge in [-0.3, -0.25) is 4.79 Å². The smallest absolute Gasteiger partial charge is 0.405 e. The molecule has 180 valence electrons. The van der Waals surface area contributed by atoms with Gasteiger partial charge < -0.3 is 14.5 Å². The Morgan fingerprint density at radius 3 is 2.65 bits per heavy atom. The third-order valence-electron chi connectivity index (χ3n) is 6.09. The van der Waals surface area contributed by atoms with Gasteiger partial charge in [0.25, 0.3) is 12.3 Å². The second-order valence-corrected chi connectivity index (χ2v) is 8.53. The Morgan fingerprint density at radius 2 is 1.91 bits per heavy atom. The molecule has 1 spiro atoms. The number of carbonyl (C=O) groups is 1. The van der Waals surface area contributed by atoms with Crippen LogP contribution in [0.4, 0.5) is 27.8 Å². The number of nitrogens with zero attached hydrogens (tertiary/aromatic N) is 6. The van der Waals surface area contributed by atoms with E-state index in [2.05, 4.69) is 19.8 Å². The molecule has 0 unspecified atom stereocenters. The molecule has 8 nitrogen and oxygen atoms in total. The summed E-state index contributed by atoms with van der Waals surface area (Å²) in [5.74, 6) is -0.534. The van der Waals surface area contributed by atoms with Gasteiger partial charge in [0, 0.05) is 31.6 Å². The topological polar surface area (TPSA) is 76.4 Å². The highest BCUT2D eigenvalue weighted by atomic mass is 19.4. The highest BCUT2D eigenvalue weighted by Gasteiger charge is 2.50. The molecule has 1 amide bonds. The number of likely N-dealkylation sites (tertiary alicyclic amines) is 1. The number of halogens is 5. The Hall–Kier alpha value is -3.51. The van der Waals surface area contributed by atoms with Gasteiger partial charge in [0.2, 0.25) is 0 Å². The molecular weight excluding hydrogens is 463 g/mol. The summed E-state index contributed by atoms with van der Waals surface area (Å²) in [5, 5.41) is 3.91. The van der Waals surface area contributed by atoms with E-state index in [-0.39, 0.29) is 16.6 Å². The molecule has 2 fully saturated rings. The molecule has 5 rings (SSSR count). The van der Waals surface area contributed by atoms with Crippen molar-refractivity contribution in [2.24, 2.45) is 5.41 Å². The predicted octanol–water partition coefficient (Wildman–Crippen LogP) is 3.34. The minimum atomic E-state index is -4.90. The van der Waals surface area contributed by atoms with Crippen LogP contribution < -0.4 is 9.64 Å². The maximum absolute atomic E-state index is 12.8. The molecule has 3 aromatic rings. The van der Waals surface area contributed by atoms with Crippen LogP contribution in [-0.4, -0.2) is 69.5 Å². The lowest BCUT2D eigenvalue weighted by atomic mass is 9.78. The Labute approximate surface area is 189 Å². The SMILES string of the molecule is O=C(c1ccccc1OC(F)(F)F)N1CC2(CCN(c3cnc4cnn(CC(F)F)c4n3)C2)C1. The van der Waals surface area contributed by atoms with Gasteiger partial charge in [-0.05, 0) is 18.6 Å². The van der Waals surface area contributed by atoms with E-state index in [9.17, 15) is 26.7 Å². The molecule has 0 aliphatic carbocycles. The van der Waals surface area contributed by atoms with E-state index >= 15 is 0 Å². The molecule has 0 N–H and O–H groups in total. The van der Waals surface area contributed by atoms with E-state index in [1.807, 2.05) is 4.90 Å². The van der Waals surface area contributed by atoms with Gasteiger partial charge in [-0.25, -0.2) is 23.4 Å². The fourth-order valence-electron chi connectivity index (χ4n) is 4.58. The van der Waals surface area contributed by atoms with Gasteiger partial charge in [-0.15, -0.1) is 13.2 Å². The zero-order valence-corrected chi connectivity index (χ0v) is 17.7. The van der Waals surface area contributed by atoms with Crippen LogP contribution >= 0.6 is 0 Å². The standard InChI is InChI=1S/C21H19F5N6O2/c22-16(23)9-32-18-14(7-28-32)27-8-17(29-18)30-6-5-20(10-30)11-31(12-20)19(33)13-3-1-2-4-15(13)34-21(24,25)26/h1-4,7-8,16H,5-6,9-12H2. The summed E-state index contributed by atoms with van der Waals surface area (Å²) in [7, 11) is 0. The number of aromatic nitrogens is 4. The Kier molecular flexibility index (Phi) is 5.29. The first-order valence-corrected chi connectivity index (χ1v) is 10.5. The summed E-state index contributed by atoms with van der Waals surface area (Å²) in [6, 6.07) is 5.27. The Morgan fingerprint density at radius 1 is 1.15 bits per heavy atom. The minimum Gasteiger partial charge on any atom is -0.405 e. The summed E-state index contributed by atoms with van der Waals surface area (Å²) in [6.07, 6.45) is -3.79. The lowest BCUT2D eigenvalue weighted by Crippen LogP contribution is -2.59. The van der Waals surface area contributed by atoms with E-state index in [1.54, 1.807) is 6.20 Å². The molecule has 0 radical (unpaired) electrons. The van der Waals surface area contributed by atoms with Crippen molar-refractivity contribution in [1.29, 1.82) is 0 Å². The van der Waals surface area contributed by atoms with Crippen molar-refractivity contribution in [1.82, 2.24) is 24.6 Å². The average Bonchev–Trinajstić information content (AvgIpc) is 3.36. The third kappa shape index (κ3) is 4.21. The number of carbonyl (C=O) groups excluding carboxylic acids is 1. The lowest BCUT2D eigenvalue weighted by Gasteiger charge is -2.48. The Balaban J connectivity index is 1.27. The van der Waals surface area contributed by atoms with Gasteiger partial charge in [0.05, 0.1) is 18.0 Å². The molecule has 4 heterocycles. The van der Waals surface area contributed by atoms with Crippen LogP contribution in [0.15, 0.2) is 36.7 Å². The molecule has 2 aliphatic rings. The first-order valence-electron chi connectivity index (χ1n) is 10.5. The molecular formula is C21H19F5N6O2. The maximum Gasteiger partial charge on any atom is 0.573 e. The summed E-state index contributed by atoms with van der Waals surface area (Å²) < 4.78 is 68.8. The summed E-state index contributed by atoms with van der Waals surface area (Å²) in [6.45, 7) is 1.35. The third-order valence-corrected chi connectivity index (χ3v) is 6.09. The molecule has 13 heteroatoms. The summed E-state index contributed by atoms with van der Waals surface area (Å²) in [5.41, 5.74) is 0.312. The number of para-hydroxylation sites is 1. The van der Waals surface area contributed by atoms with Gasteiger partial charge in [0.1, 0.15) is 23.6 Å². The maximum atomic E-state index is 12.8. The molecule has 0 atom stereocenters. The highest BCUT2D eigenvalue weighted by Crippen LogP contribution is 2.42. The van der Waals surface area contributed by atoms with Gasteiger partial charge in [0.15, 0.2) is 5.65 Å². The van der Waals surface area contributed by atoms with Crippen molar-refractivity contribution in [3.63, 3.8) is 0 Å². The first-order chi connectivity index (χ1) is 16.1. The quantitative estimate of drug-likeness (QED) is 0.520. The molecule has 1 aromatic carbocycles. The van der Waals surface area contributed by atoms with Crippen LogP contribution in [0.5, 0.6) is 5.75 Å². The number of benzene rings is 1. The lowest BCUT2D eigenvalue weighted by molar-refractivity contribution is -0.274. The minimum absolute atomic E-state index is 0.145. The fraction of sp³-hybridized carbons (Fsp3) is 0.429. The van der Waals surface area contributed by atoms with Crippen LogP contribution in [0, 0.1) is 5.41 Å². The number of anilines is 1. The number of fused-ring (bicyclic) bond motifs is 1. The number of amides is 1. The highest BCUT2D eigenvalue weighted by molar-refractivity contribution is 5.97. The van der Waals surface area contributed by atoms with Crippen molar-refractivity contribution in [2.75, 3.05) is 31.1 Å². The number of hydrogen-bond donors (Lipinski definition) is 0. The molecule has 0 saturated carbocycles. The number of ether oxygens (including phenoxy) is 1. The zero-order chi connectivity index (χ0) is 24.1. The molecule has 2 saturated heterocycles. The van der Waals surface area contributed by atoms with E-state index in [0.29, 0.717) is 37.5 Å². The van der Waals surface area contributed by atoms with Crippen molar-refractivity contribution in [3.8, 4) is 5.75 Å². The van der Waals surface area contributed by atoms with Crippen molar-refractivity contribution in [2.45, 2.75) is 25.8 Å². The normalized spacial score (nSPS) is 17.6. The van der Waals surface area contributed by atoms with Crippen LogP contribution in [0.25, 0.3) is 11.2 Å². The predicted molar refractivity (Wildman–Crippen MR) is 110 cm³/mol. The van der Waals surface area contributed by atoms with Crippen LogP contribution in [0.1, 0.15) is 16.8 Å². The number of alkyl halides is 5.